The van der Waals surface area contributed by atoms with Gasteiger partial charge in [-0.25, -0.2) is 14.4 Å². The molecule has 1 aliphatic rings. The third-order valence-electron chi connectivity index (χ3n) is 5.81. The average molecular weight is 403 g/mol. The summed E-state index contributed by atoms with van der Waals surface area (Å²) in [5.41, 5.74) is 4.46. The number of piperidine rings is 1. The minimum Gasteiger partial charge on any atom is -0.394 e. The van der Waals surface area contributed by atoms with Gasteiger partial charge in [-0.2, -0.15) is 5.10 Å². The van der Waals surface area contributed by atoms with E-state index in [2.05, 4.69) is 31.1 Å². The lowest BCUT2D eigenvalue weighted by Gasteiger charge is -2.36. The maximum absolute atomic E-state index is 13.3. The Hall–Kier alpha value is -3.32. The highest BCUT2D eigenvalue weighted by Gasteiger charge is 2.25. The van der Waals surface area contributed by atoms with Gasteiger partial charge in [-0.15, -0.1) is 0 Å². The summed E-state index contributed by atoms with van der Waals surface area (Å²) in [6.07, 6.45) is 6.52. The molecule has 1 saturated heterocycles. The van der Waals surface area contributed by atoms with Gasteiger partial charge >= 0.3 is 0 Å². The third-order valence-corrected chi connectivity index (χ3v) is 5.81. The summed E-state index contributed by atoms with van der Waals surface area (Å²) < 4.78 is 13.3. The number of halogens is 1. The molecule has 0 spiro atoms. The second kappa shape index (κ2) is 7.84. The molecule has 7 heteroatoms. The van der Waals surface area contributed by atoms with Crippen LogP contribution in [0.5, 0.6) is 0 Å². The van der Waals surface area contributed by atoms with Gasteiger partial charge in [-0.1, -0.05) is 6.07 Å². The topological polar surface area (TPSA) is 77.9 Å². The summed E-state index contributed by atoms with van der Waals surface area (Å²) in [4.78, 5) is 11.2. The summed E-state index contributed by atoms with van der Waals surface area (Å²) in [5.74, 6) is 0.583. The van der Waals surface area contributed by atoms with Crippen molar-refractivity contribution in [2.45, 2.75) is 25.3 Å². The molecule has 1 atom stereocenters. The van der Waals surface area contributed by atoms with E-state index in [0.717, 1.165) is 64.9 Å². The van der Waals surface area contributed by atoms with Gasteiger partial charge in [0.15, 0.2) is 0 Å². The Kier molecular flexibility index (Phi) is 4.88. The van der Waals surface area contributed by atoms with E-state index in [4.69, 9.17) is 0 Å². The number of hydrogen-bond donors (Lipinski definition) is 2. The highest BCUT2D eigenvalue weighted by atomic mass is 19.1. The van der Waals surface area contributed by atoms with Crippen LogP contribution in [0.2, 0.25) is 0 Å². The van der Waals surface area contributed by atoms with Crippen LogP contribution in [0, 0.1) is 5.82 Å². The van der Waals surface area contributed by atoms with Gasteiger partial charge in [0.1, 0.15) is 18.0 Å². The first-order valence-corrected chi connectivity index (χ1v) is 10.2. The Morgan fingerprint density at radius 1 is 1.07 bits per heavy atom. The number of hydrogen-bond acceptors (Lipinski definition) is 5. The van der Waals surface area contributed by atoms with Gasteiger partial charge in [0.25, 0.3) is 0 Å². The van der Waals surface area contributed by atoms with E-state index in [1.165, 1.54) is 12.1 Å². The van der Waals surface area contributed by atoms with E-state index >= 15 is 0 Å². The zero-order valence-corrected chi connectivity index (χ0v) is 16.4. The van der Waals surface area contributed by atoms with Crippen LogP contribution in [0.15, 0.2) is 55.0 Å². The number of anilines is 1. The monoisotopic (exact) mass is 403 g/mol. The molecule has 0 saturated carbocycles. The number of aliphatic hydroxyl groups excluding tert-OH is 1. The van der Waals surface area contributed by atoms with Crippen molar-refractivity contribution in [2.24, 2.45) is 0 Å². The largest absolute Gasteiger partial charge is 0.394 e. The summed E-state index contributed by atoms with van der Waals surface area (Å²) >= 11 is 0. The number of nitrogens with one attached hydrogen (secondary N) is 1. The molecule has 0 bridgehead atoms. The first-order chi connectivity index (χ1) is 14.7. The Labute approximate surface area is 173 Å². The van der Waals surface area contributed by atoms with Crippen LogP contribution in [-0.4, -0.2) is 44.5 Å². The van der Waals surface area contributed by atoms with Crippen LogP contribution < -0.4 is 4.90 Å². The molecule has 1 fully saturated rings. The standard InChI is InChI=1S/C23H22FN5O/c24-17-7-4-15(5-8-17)22-20(12-27-28-22)16-6-9-21-19(11-16)23(26-14-25-21)29-10-2-1-3-18(29)13-30/h4-9,11-12,14,18,30H,1-3,10,13H2,(H,27,28). The average Bonchev–Trinajstić information content (AvgIpc) is 3.29. The van der Waals surface area contributed by atoms with Gasteiger partial charge in [0, 0.05) is 23.1 Å². The van der Waals surface area contributed by atoms with Crippen molar-refractivity contribution in [3.05, 3.63) is 60.8 Å². The number of aliphatic hydroxyl groups is 1. The van der Waals surface area contributed by atoms with Gasteiger partial charge < -0.3 is 10.0 Å². The number of H-pyrrole nitrogens is 1. The second-order valence-electron chi connectivity index (χ2n) is 7.62. The van der Waals surface area contributed by atoms with Crippen LogP contribution in [0.4, 0.5) is 10.2 Å². The van der Waals surface area contributed by atoms with Gasteiger partial charge in [-0.05, 0) is 61.2 Å². The van der Waals surface area contributed by atoms with Gasteiger partial charge in [0.2, 0.25) is 0 Å². The van der Waals surface area contributed by atoms with Crippen LogP contribution in [0.1, 0.15) is 19.3 Å². The van der Waals surface area contributed by atoms with Crippen molar-refractivity contribution in [3.63, 3.8) is 0 Å². The third kappa shape index (κ3) is 3.31. The quantitative estimate of drug-likeness (QED) is 0.535. The van der Waals surface area contributed by atoms with E-state index < -0.39 is 0 Å². The molecule has 5 rings (SSSR count). The summed E-state index contributed by atoms with van der Waals surface area (Å²) in [6, 6.07) is 12.5. The van der Waals surface area contributed by atoms with Crippen molar-refractivity contribution in [2.75, 3.05) is 18.1 Å². The molecule has 152 valence electrons. The molecule has 2 aromatic heterocycles. The van der Waals surface area contributed by atoms with Crippen molar-refractivity contribution in [1.29, 1.82) is 0 Å². The van der Waals surface area contributed by atoms with Crippen molar-refractivity contribution >= 4 is 16.7 Å². The molecular weight excluding hydrogens is 381 g/mol. The zero-order chi connectivity index (χ0) is 20.5. The number of rotatable bonds is 4. The second-order valence-corrected chi connectivity index (χ2v) is 7.62. The molecule has 4 aromatic rings. The number of nitrogens with zero attached hydrogens (tertiary/aromatic N) is 4. The van der Waals surface area contributed by atoms with E-state index in [9.17, 15) is 9.50 Å². The highest BCUT2D eigenvalue weighted by Crippen LogP contribution is 2.35. The van der Waals surface area contributed by atoms with E-state index in [0.29, 0.717) is 0 Å². The predicted octanol–water partition coefficient (Wildman–Crippen LogP) is 4.18. The van der Waals surface area contributed by atoms with Crippen LogP contribution in [0.25, 0.3) is 33.3 Å². The molecule has 2 aromatic carbocycles. The maximum atomic E-state index is 13.3. The number of aromatic nitrogens is 4. The molecule has 1 unspecified atom stereocenters. The van der Waals surface area contributed by atoms with Gasteiger partial charge in [0.05, 0.1) is 30.1 Å². The van der Waals surface area contributed by atoms with Crippen LogP contribution in [-0.2, 0) is 0 Å². The summed E-state index contributed by atoms with van der Waals surface area (Å²) in [6.45, 7) is 0.982. The Bertz CT molecular complexity index is 1170. The summed E-state index contributed by atoms with van der Waals surface area (Å²) in [5, 5.41) is 18.1. The van der Waals surface area contributed by atoms with E-state index in [-0.39, 0.29) is 18.5 Å². The Morgan fingerprint density at radius 3 is 2.73 bits per heavy atom. The Morgan fingerprint density at radius 2 is 1.90 bits per heavy atom. The number of fused-ring (bicyclic) bond motifs is 1. The molecule has 0 radical (unpaired) electrons. The molecule has 0 amide bonds. The fourth-order valence-corrected chi connectivity index (χ4v) is 4.25. The molecule has 3 heterocycles. The van der Waals surface area contributed by atoms with E-state index in [1.54, 1.807) is 24.7 Å². The maximum Gasteiger partial charge on any atom is 0.140 e. The molecule has 1 aliphatic heterocycles. The lowest BCUT2D eigenvalue weighted by atomic mass is 9.99. The minimum absolute atomic E-state index is 0.0733. The highest BCUT2D eigenvalue weighted by molar-refractivity contribution is 5.94. The van der Waals surface area contributed by atoms with Crippen LogP contribution in [0.3, 0.4) is 0 Å². The predicted molar refractivity (Wildman–Crippen MR) is 115 cm³/mol. The normalized spacial score (nSPS) is 16.9. The lowest BCUT2D eigenvalue weighted by molar-refractivity contribution is 0.239. The molecule has 2 N–H and O–H groups in total. The molecule has 30 heavy (non-hydrogen) atoms. The number of aromatic amines is 1. The molecular formula is C23H22FN5O. The molecule has 6 nitrogen and oxygen atoms in total. The fourth-order valence-electron chi connectivity index (χ4n) is 4.25. The SMILES string of the molecule is OCC1CCCCN1c1ncnc2ccc(-c3cn[nH]c3-c3ccc(F)cc3)cc12. The van der Waals surface area contributed by atoms with Crippen molar-refractivity contribution in [1.82, 2.24) is 20.2 Å². The zero-order valence-electron chi connectivity index (χ0n) is 16.4. The van der Waals surface area contributed by atoms with Crippen molar-refractivity contribution in [3.8, 4) is 22.4 Å². The number of benzene rings is 2. The Balaban J connectivity index is 1.61. The fraction of sp³-hybridized carbons (Fsp3) is 0.261. The first kappa shape index (κ1) is 18.7. The smallest absolute Gasteiger partial charge is 0.140 e. The first-order valence-electron chi connectivity index (χ1n) is 10.2. The lowest BCUT2D eigenvalue weighted by Crippen LogP contribution is -2.42. The van der Waals surface area contributed by atoms with Crippen molar-refractivity contribution < 1.29 is 9.50 Å². The van der Waals surface area contributed by atoms with Crippen LogP contribution >= 0.6 is 0 Å². The van der Waals surface area contributed by atoms with E-state index in [1.807, 2.05) is 12.1 Å². The summed E-state index contributed by atoms with van der Waals surface area (Å²) in [7, 11) is 0. The van der Waals surface area contributed by atoms with Gasteiger partial charge in [-0.3, -0.25) is 5.10 Å². The minimum atomic E-state index is -0.271. The molecule has 0 aliphatic carbocycles.